The number of nitrogens with zero attached hydrogens (tertiary/aromatic N) is 1. The highest BCUT2D eigenvalue weighted by Gasteiger charge is 2.27. The predicted molar refractivity (Wildman–Crippen MR) is 77.9 cm³/mol. The van der Waals surface area contributed by atoms with Crippen molar-refractivity contribution in [3.63, 3.8) is 0 Å². The molecule has 2 rings (SSSR count). The lowest BCUT2D eigenvalue weighted by Gasteiger charge is -2.20. The van der Waals surface area contributed by atoms with E-state index in [0.717, 1.165) is 25.7 Å². The third-order valence-corrected chi connectivity index (χ3v) is 5.96. The van der Waals surface area contributed by atoms with Crippen molar-refractivity contribution in [2.24, 2.45) is 0 Å². The summed E-state index contributed by atoms with van der Waals surface area (Å²) >= 11 is 3.60. The Morgan fingerprint density at radius 1 is 1.42 bits per heavy atom. The van der Waals surface area contributed by atoms with Crippen molar-refractivity contribution >= 4 is 26.0 Å². The smallest absolute Gasteiger partial charge is 0.257 e. The molecule has 1 fully saturated rings. The van der Waals surface area contributed by atoms with Crippen LogP contribution in [0, 0.1) is 0 Å². The molecule has 0 aliphatic heterocycles. The zero-order valence-corrected chi connectivity index (χ0v) is 13.4. The molecule has 1 heterocycles. The Hall–Kier alpha value is -0.400. The lowest BCUT2D eigenvalue weighted by atomic mass is 10.1. The van der Waals surface area contributed by atoms with Crippen molar-refractivity contribution in [1.29, 1.82) is 0 Å². The highest BCUT2D eigenvalue weighted by Crippen LogP contribution is 2.25. The van der Waals surface area contributed by atoms with Crippen LogP contribution >= 0.6 is 15.9 Å². The summed E-state index contributed by atoms with van der Waals surface area (Å²) in [5, 5.41) is 0.160. The third-order valence-electron chi connectivity index (χ3n) is 3.47. The summed E-state index contributed by atoms with van der Waals surface area (Å²) in [7, 11) is -3.50. The lowest BCUT2D eigenvalue weighted by molar-refractivity contribution is 0.519. The van der Waals surface area contributed by atoms with Gasteiger partial charge in [0.15, 0.2) is 5.03 Å². The molecule has 0 bridgehead atoms. The van der Waals surface area contributed by atoms with E-state index >= 15 is 0 Å². The Labute approximate surface area is 122 Å². The number of halogens is 1. The molecule has 0 aromatic carbocycles. The number of alkyl halides is 1. The van der Waals surface area contributed by atoms with Crippen LogP contribution in [0.2, 0.25) is 0 Å². The number of aromatic nitrogens is 2. The molecule has 7 heteroatoms. The fourth-order valence-electron chi connectivity index (χ4n) is 2.32. The van der Waals surface area contributed by atoms with Gasteiger partial charge in [-0.2, -0.15) is 0 Å². The maximum atomic E-state index is 12.3. The van der Waals surface area contributed by atoms with E-state index in [9.17, 15) is 8.42 Å². The van der Waals surface area contributed by atoms with Crippen LogP contribution in [-0.2, 0) is 16.4 Å². The number of nitrogens with one attached hydrogen (secondary N) is 2. The predicted octanol–water partition coefficient (Wildman–Crippen LogP) is 2.35. The molecule has 0 saturated heterocycles. The van der Waals surface area contributed by atoms with Gasteiger partial charge < -0.3 is 4.98 Å². The number of H-pyrrole nitrogens is 1. The maximum absolute atomic E-state index is 12.3. The van der Waals surface area contributed by atoms with Crippen LogP contribution in [0.25, 0.3) is 0 Å². The Kier molecular flexibility index (Phi) is 5.03. The largest absolute Gasteiger partial charge is 0.332 e. The minimum absolute atomic E-state index is 0.0409. The minimum atomic E-state index is -3.50. The maximum Gasteiger partial charge on any atom is 0.257 e. The van der Waals surface area contributed by atoms with Gasteiger partial charge in [-0.05, 0) is 12.8 Å². The van der Waals surface area contributed by atoms with E-state index in [0.29, 0.717) is 12.2 Å². The van der Waals surface area contributed by atoms with Crippen LogP contribution in [0.5, 0.6) is 0 Å². The molecule has 1 saturated carbocycles. The molecule has 19 heavy (non-hydrogen) atoms. The van der Waals surface area contributed by atoms with Crippen molar-refractivity contribution in [2.45, 2.75) is 61.3 Å². The van der Waals surface area contributed by atoms with Crippen molar-refractivity contribution in [2.75, 3.05) is 0 Å². The molecule has 2 unspecified atom stereocenters. The van der Waals surface area contributed by atoms with E-state index in [1.807, 2.05) is 6.92 Å². The molecule has 1 aliphatic rings. The van der Waals surface area contributed by atoms with Gasteiger partial charge in [-0.15, -0.1) is 0 Å². The van der Waals surface area contributed by atoms with E-state index in [1.165, 1.54) is 12.6 Å². The second kappa shape index (κ2) is 6.37. The molecule has 2 N–H and O–H groups in total. The summed E-state index contributed by atoms with van der Waals surface area (Å²) in [6, 6.07) is -0.0409. The molecule has 0 spiro atoms. The van der Waals surface area contributed by atoms with Gasteiger partial charge in [0.25, 0.3) is 10.0 Å². The van der Waals surface area contributed by atoms with Gasteiger partial charge in [0.1, 0.15) is 5.82 Å². The van der Waals surface area contributed by atoms with Gasteiger partial charge in [-0.3, -0.25) is 0 Å². The third kappa shape index (κ3) is 3.79. The van der Waals surface area contributed by atoms with Gasteiger partial charge in [-0.25, -0.2) is 18.1 Å². The molecule has 1 aromatic rings. The topological polar surface area (TPSA) is 74.8 Å². The molecule has 2 atom stereocenters. The van der Waals surface area contributed by atoms with E-state index < -0.39 is 10.0 Å². The van der Waals surface area contributed by atoms with E-state index in [4.69, 9.17) is 0 Å². The van der Waals surface area contributed by atoms with Crippen LogP contribution in [0.15, 0.2) is 11.2 Å². The van der Waals surface area contributed by atoms with E-state index in [2.05, 4.69) is 30.6 Å². The van der Waals surface area contributed by atoms with E-state index in [1.54, 1.807) is 0 Å². The Bertz CT molecular complexity index is 515. The second-order valence-electron chi connectivity index (χ2n) is 4.93. The zero-order chi connectivity index (χ0) is 13.9. The fraction of sp³-hybridized carbons (Fsp3) is 0.750. The van der Waals surface area contributed by atoms with Crippen LogP contribution in [0.1, 0.15) is 44.9 Å². The summed E-state index contributed by atoms with van der Waals surface area (Å²) in [6.45, 7) is 1.93. The molecular weight excluding hydrogens is 330 g/mol. The van der Waals surface area contributed by atoms with Gasteiger partial charge >= 0.3 is 0 Å². The Balaban J connectivity index is 2.11. The summed E-state index contributed by atoms with van der Waals surface area (Å²) in [5.41, 5.74) is 0. The first kappa shape index (κ1) is 15.0. The molecule has 5 nitrogen and oxygen atoms in total. The van der Waals surface area contributed by atoms with Crippen LogP contribution in [0.4, 0.5) is 0 Å². The average molecular weight is 350 g/mol. The summed E-state index contributed by atoms with van der Waals surface area (Å²) in [4.78, 5) is 7.10. The Morgan fingerprint density at radius 2 is 2.16 bits per heavy atom. The van der Waals surface area contributed by atoms with Crippen molar-refractivity contribution in [1.82, 2.24) is 14.7 Å². The molecule has 1 aliphatic carbocycles. The molecule has 0 amide bonds. The van der Waals surface area contributed by atoms with Gasteiger partial charge in [0.05, 0.1) is 6.20 Å². The Morgan fingerprint density at radius 3 is 2.84 bits per heavy atom. The quantitative estimate of drug-likeness (QED) is 0.647. The number of rotatable bonds is 4. The van der Waals surface area contributed by atoms with Gasteiger partial charge in [0, 0.05) is 17.3 Å². The highest BCUT2D eigenvalue weighted by atomic mass is 79.9. The van der Waals surface area contributed by atoms with Gasteiger partial charge in [-0.1, -0.05) is 42.1 Å². The van der Waals surface area contributed by atoms with Crippen LogP contribution < -0.4 is 4.72 Å². The second-order valence-corrected chi connectivity index (χ2v) is 7.79. The first-order chi connectivity index (χ1) is 9.03. The molecule has 1 aromatic heterocycles. The summed E-state index contributed by atoms with van der Waals surface area (Å²) in [5.74, 6) is 0.691. The highest BCUT2D eigenvalue weighted by molar-refractivity contribution is 9.09. The normalized spacial score (nSPS) is 25.2. The van der Waals surface area contributed by atoms with Crippen molar-refractivity contribution in [3.05, 3.63) is 12.0 Å². The number of aryl methyl sites for hydroxylation is 1. The zero-order valence-electron chi connectivity index (χ0n) is 11.0. The van der Waals surface area contributed by atoms with Crippen LogP contribution in [-0.4, -0.2) is 29.3 Å². The number of aromatic amines is 1. The number of hydrogen-bond donors (Lipinski definition) is 2. The first-order valence-electron chi connectivity index (χ1n) is 6.73. The average Bonchev–Trinajstić information content (AvgIpc) is 2.78. The standard InChI is InChI=1S/C12H20BrN3O2S/c1-2-11-14-8-12(15-11)19(17,18)16-10-7-5-3-4-6-9(10)13/h8-10,16H,2-7H2,1H3,(H,14,15). The number of sulfonamides is 1. The fourth-order valence-corrected chi connectivity index (χ4v) is 4.46. The summed E-state index contributed by atoms with van der Waals surface area (Å²) in [6.07, 6.45) is 7.36. The monoisotopic (exact) mass is 349 g/mol. The first-order valence-corrected chi connectivity index (χ1v) is 9.13. The minimum Gasteiger partial charge on any atom is -0.332 e. The van der Waals surface area contributed by atoms with E-state index in [-0.39, 0.29) is 15.9 Å². The molecule has 0 radical (unpaired) electrons. The number of imidazole rings is 1. The van der Waals surface area contributed by atoms with Gasteiger partial charge in [0.2, 0.25) is 0 Å². The molecule has 108 valence electrons. The lowest BCUT2D eigenvalue weighted by Crippen LogP contribution is -2.40. The molecular formula is C12H20BrN3O2S. The number of hydrogen-bond acceptors (Lipinski definition) is 3. The van der Waals surface area contributed by atoms with Crippen LogP contribution in [0.3, 0.4) is 0 Å². The van der Waals surface area contributed by atoms with Crippen molar-refractivity contribution < 1.29 is 8.42 Å². The SMILES string of the molecule is CCc1ncc(S(=O)(=O)NC2CCCCCC2Br)[nH]1. The summed E-state index contributed by atoms with van der Waals surface area (Å²) < 4.78 is 27.4. The van der Waals surface area contributed by atoms with Crippen molar-refractivity contribution in [3.8, 4) is 0 Å².